The number of benzene rings is 1. The first-order chi connectivity index (χ1) is 16.0. The van der Waals surface area contributed by atoms with Crippen molar-refractivity contribution in [3.05, 3.63) is 36.7 Å². The third kappa shape index (κ3) is 5.66. The number of hydrogen-bond donors (Lipinski definition) is 1. The van der Waals surface area contributed by atoms with E-state index in [1.165, 1.54) is 11.9 Å². The lowest BCUT2D eigenvalue weighted by Gasteiger charge is -2.36. The zero-order valence-electron chi connectivity index (χ0n) is 18.9. The smallest absolute Gasteiger partial charge is 0.411 e. The Kier molecular flexibility index (Phi) is 7.50. The summed E-state index contributed by atoms with van der Waals surface area (Å²) >= 11 is 1.41. The maximum atomic E-state index is 12.8. The number of nitrogens with zero attached hydrogens (tertiary/aromatic N) is 6. The third-order valence-electron chi connectivity index (χ3n) is 5.59. The molecule has 0 aliphatic carbocycles. The first-order valence-corrected chi connectivity index (χ1v) is 11.9. The number of ether oxygens (including phenoxy) is 1. The number of hydrogen-bond acceptors (Lipinski definition) is 8. The first-order valence-electron chi connectivity index (χ1n) is 11.1. The highest BCUT2D eigenvalue weighted by Gasteiger charge is 2.29. The Morgan fingerprint density at radius 2 is 1.91 bits per heavy atom. The molecular weight excluding hydrogens is 442 g/mol. The molecule has 0 saturated carbocycles. The number of carbonyl (C=O) groups is 2. The van der Waals surface area contributed by atoms with Crippen LogP contribution in [0.15, 0.2) is 41.6 Å². The van der Waals surface area contributed by atoms with Gasteiger partial charge in [-0.05, 0) is 49.6 Å². The van der Waals surface area contributed by atoms with E-state index in [9.17, 15) is 9.59 Å². The maximum absolute atomic E-state index is 12.8. The van der Waals surface area contributed by atoms with E-state index in [1.54, 1.807) is 41.6 Å². The lowest BCUT2D eigenvalue weighted by molar-refractivity contribution is 0.168. The number of rotatable bonds is 7. The monoisotopic (exact) mass is 471 g/mol. The summed E-state index contributed by atoms with van der Waals surface area (Å²) in [4.78, 5) is 40.4. The van der Waals surface area contributed by atoms with Crippen LogP contribution >= 0.6 is 11.9 Å². The van der Waals surface area contributed by atoms with Gasteiger partial charge < -0.3 is 9.64 Å². The van der Waals surface area contributed by atoms with Gasteiger partial charge in [0.25, 0.3) is 0 Å². The molecule has 176 valence electrons. The maximum Gasteiger partial charge on any atom is 0.411 e. The number of aromatic nitrogens is 2. The number of carbonyl (C=O) groups excluding carboxylic acids is 2. The largest absolute Gasteiger partial charge is 0.450 e. The van der Waals surface area contributed by atoms with Crippen LogP contribution in [0, 0.1) is 0 Å². The van der Waals surface area contributed by atoms with E-state index in [-0.39, 0.29) is 6.03 Å². The molecule has 3 heterocycles. The topological polar surface area (TPSA) is 94.1 Å². The summed E-state index contributed by atoms with van der Waals surface area (Å²) in [5.74, 6) is 0.783. The summed E-state index contributed by atoms with van der Waals surface area (Å²) in [5.41, 5.74) is 1.47. The van der Waals surface area contributed by atoms with Crippen LogP contribution in [0.4, 0.5) is 26.9 Å². The molecule has 1 aromatic carbocycles. The fourth-order valence-electron chi connectivity index (χ4n) is 3.86. The minimum Gasteiger partial charge on any atom is -0.450 e. The molecule has 0 unspecified atom stereocenters. The number of fused-ring (bicyclic) bond motifs is 1. The molecule has 2 aliphatic heterocycles. The second kappa shape index (κ2) is 10.7. The van der Waals surface area contributed by atoms with Crippen LogP contribution in [0.25, 0.3) is 0 Å². The van der Waals surface area contributed by atoms with Crippen LogP contribution in [0.3, 0.4) is 0 Å². The Labute approximate surface area is 198 Å². The molecule has 1 saturated heterocycles. The van der Waals surface area contributed by atoms with E-state index in [2.05, 4.69) is 25.1 Å². The van der Waals surface area contributed by atoms with E-state index in [1.807, 2.05) is 18.2 Å². The van der Waals surface area contributed by atoms with Crippen LogP contribution in [0.2, 0.25) is 0 Å². The summed E-state index contributed by atoms with van der Waals surface area (Å²) in [7, 11) is 1.78. The number of amides is 3. The van der Waals surface area contributed by atoms with Gasteiger partial charge in [0, 0.05) is 64.4 Å². The fraction of sp³-hybridized carbons (Fsp3) is 0.455. The minimum atomic E-state index is -0.488. The van der Waals surface area contributed by atoms with Crippen molar-refractivity contribution in [3.8, 4) is 0 Å². The van der Waals surface area contributed by atoms with Gasteiger partial charge in [0.15, 0.2) is 0 Å². The standard InChI is InChI=1S/C22H29N7O3S/c1-3-32-21(30)25-17-6-7-18-19(16-17)33-29(22(31)26(18)2)11-5-10-27-12-14-28(15-13-27)20-23-8-4-9-24-20/h4,6-9,16H,3,5,10-15H2,1-2H3,(H,25,30). The van der Waals surface area contributed by atoms with Crippen molar-refractivity contribution in [2.24, 2.45) is 0 Å². The van der Waals surface area contributed by atoms with E-state index in [0.717, 1.165) is 55.7 Å². The van der Waals surface area contributed by atoms with Gasteiger partial charge >= 0.3 is 12.1 Å². The summed E-state index contributed by atoms with van der Waals surface area (Å²) in [6.45, 7) is 7.33. The molecule has 0 atom stereocenters. The molecule has 11 heteroatoms. The van der Waals surface area contributed by atoms with Gasteiger partial charge in [0.1, 0.15) is 0 Å². The second-order valence-electron chi connectivity index (χ2n) is 7.79. The zero-order valence-corrected chi connectivity index (χ0v) is 19.8. The number of anilines is 3. The Bertz CT molecular complexity index is 970. The van der Waals surface area contributed by atoms with E-state index < -0.39 is 6.09 Å². The van der Waals surface area contributed by atoms with Gasteiger partial charge in [0.2, 0.25) is 5.95 Å². The summed E-state index contributed by atoms with van der Waals surface area (Å²) in [6, 6.07) is 7.28. The van der Waals surface area contributed by atoms with Gasteiger partial charge in [-0.25, -0.2) is 19.6 Å². The second-order valence-corrected chi connectivity index (χ2v) is 8.86. The molecule has 0 radical (unpaired) electrons. The summed E-state index contributed by atoms with van der Waals surface area (Å²) in [6.07, 6.45) is 3.93. The molecule has 0 bridgehead atoms. The number of piperazine rings is 1. The first kappa shape index (κ1) is 23.1. The third-order valence-corrected chi connectivity index (χ3v) is 6.68. The fourth-order valence-corrected chi connectivity index (χ4v) is 5.00. The summed E-state index contributed by atoms with van der Waals surface area (Å²) in [5, 5.41) is 2.72. The molecule has 1 N–H and O–H groups in total. The van der Waals surface area contributed by atoms with Crippen molar-refractivity contribution in [3.63, 3.8) is 0 Å². The molecule has 33 heavy (non-hydrogen) atoms. The highest BCUT2D eigenvalue weighted by atomic mass is 32.2. The van der Waals surface area contributed by atoms with E-state index >= 15 is 0 Å². The predicted octanol–water partition coefficient (Wildman–Crippen LogP) is 3.14. The predicted molar refractivity (Wildman–Crippen MR) is 129 cm³/mol. The molecule has 3 amide bonds. The van der Waals surface area contributed by atoms with Crippen molar-refractivity contribution in [1.82, 2.24) is 19.2 Å². The Balaban J connectivity index is 1.28. The van der Waals surface area contributed by atoms with Gasteiger partial charge in [-0.2, -0.15) is 0 Å². The SMILES string of the molecule is CCOC(=O)Nc1ccc2c(c1)SN(CCCN1CCN(c3ncccn3)CC1)C(=O)N2C. The molecule has 10 nitrogen and oxygen atoms in total. The van der Waals surface area contributed by atoms with Crippen LogP contribution in [-0.2, 0) is 4.74 Å². The van der Waals surface area contributed by atoms with Crippen LogP contribution in [0.5, 0.6) is 0 Å². The van der Waals surface area contributed by atoms with Crippen LogP contribution in [-0.4, -0.2) is 84.2 Å². The highest BCUT2D eigenvalue weighted by molar-refractivity contribution is 7.97. The number of nitrogens with one attached hydrogen (secondary N) is 1. The van der Waals surface area contributed by atoms with E-state index in [4.69, 9.17) is 4.74 Å². The Hall–Kier alpha value is -3.05. The van der Waals surface area contributed by atoms with Gasteiger partial charge in [-0.3, -0.25) is 19.4 Å². The van der Waals surface area contributed by atoms with E-state index in [0.29, 0.717) is 18.8 Å². The van der Waals surface area contributed by atoms with Crippen molar-refractivity contribution in [2.75, 3.05) is 68.0 Å². The average molecular weight is 472 g/mol. The molecule has 1 fully saturated rings. The lowest BCUT2D eigenvalue weighted by atomic mass is 10.2. The van der Waals surface area contributed by atoms with Crippen molar-refractivity contribution in [2.45, 2.75) is 18.2 Å². The Morgan fingerprint density at radius 3 is 2.64 bits per heavy atom. The molecule has 4 rings (SSSR count). The molecule has 2 aromatic rings. The molecule has 2 aliphatic rings. The Morgan fingerprint density at radius 1 is 1.15 bits per heavy atom. The molecule has 1 aromatic heterocycles. The van der Waals surface area contributed by atoms with Crippen molar-refractivity contribution in [1.29, 1.82) is 0 Å². The summed E-state index contributed by atoms with van der Waals surface area (Å²) < 4.78 is 6.73. The number of urea groups is 1. The minimum absolute atomic E-state index is 0.0374. The van der Waals surface area contributed by atoms with Gasteiger partial charge in [0.05, 0.1) is 17.2 Å². The quantitative estimate of drug-likeness (QED) is 0.616. The lowest BCUT2D eigenvalue weighted by Crippen LogP contribution is -2.48. The van der Waals surface area contributed by atoms with Crippen LogP contribution < -0.4 is 15.1 Å². The van der Waals surface area contributed by atoms with Gasteiger partial charge in [-0.15, -0.1) is 0 Å². The molecule has 0 spiro atoms. The van der Waals surface area contributed by atoms with Crippen LogP contribution in [0.1, 0.15) is 13.3 Å². The van der Waals surface area contributed by atoms with Gasteiger partial charge in [-0.1, -0.05) is 0 Å². The molecular formula is C22H29N7O3S. The highest BCUT2D eigenvalue weighted by Crippen LogP contribution is 2.39. The zero-order chi connectivity index (χ0) is 23.2. The van der Waals surface area contributed by atoms with Crippen molar-refractivity contribution < 1.29 is 14.3 Å². The average Bonchev–Trinajstić information content (AvgIpc) is 2.83. The van der Waals surface area contributed by atoms with Crippen molar-refractivity contribution >= 4 is 41.4 Å². The normalized spacial score (nSPS) is 16.5.